The Kier molecular flexibility index (Phi) is 1.70. The maximum absolute atomic E-state index is 5.89. The largest absolute Gasteiger partial charge is 0.397 e. The second-order valence-corrected chi connectivity index (χ2v) is 3.60. The van der Waals surface area contributed by atoms with Gasteiger partial charge in [0, 0.05) is 5.02 Å². The van der Waals surface area contributed by atoms with Gasteiger partial charge in [0.25, 0.3) is 0 Å². The molecule has 1 heterocycles. The predicted octanol–water partition coefficient (Wildman–Crippen LogP) is 1.24. The van der Waals surface area contributed by atoms with E-state index in [0.29, 0.717) is 10.7 Å². The van der Waals surface area contributed by atoms with E-state index in [9.17, 15) is 0 Å². The fraction of sp³-hybridized carbons (Fsp3) is 0.222. The molecule has 1 aromatic heterocycles. The van der Waals surface area contributed by atoms with Gasteiger partial charge in [0.2, 0.25) is 6.20 Å². The third-order valence-electron chi connectivity index (χ3n) is 2.26. The number of halogens is 1. The highest BCUT2D eigenvalue weighted by Crippen LogP contribution is 2.24. The maximum Gasteiger partial charge on any atom is 0.203 e. The van der Waals surface area contributed by atoms with Crippen LogP contribution < -0.4 is 10.4 Å². The molecule has 0 radical (unpaired) electrons. The van der Waals surface area contributed by atoms with Crippen molar-refractivity contribution in [2.45, 2.75) is 0 Å². The maximum atomic E-state index is 5.89. The van der Waals surface area contributed by atoms with Crippen molar-refractivity contribution in [3.63, 3.8) is 0 Å². The first-order chi connectivity index (χ1) is 6.09. The second-order valence-electron chi connectivity index (χ2n) is 3.16. The van der Waals surface area contributed by atoms with Crippen LogP contribution in [0.4, 0.5) is 5.69 Å². The monoisotopic (exact) mass is 196 g/mol. The Balaban J connectivity index is 2.94. The van der Waals surface area contributed by atoms with Gasteiger partial charge >= 0.3 is 0 Å². The molecule has 4 heteroatoms. The first kappa shape index (κ1) is 8.38. The van der Waals surface area contributed by atoms with Crippen LogP contribution >= 0.6 is 11.6 Å². The lowest BCUT2D eigenvalue weighted by molar-refractivity contribution is -0.748. The number of aromatic nitrogens is 2. The molecule has 3 nitrogen and oxygen atoms in total. The lowest BCUT2D eigenvalue weighted by atomic mass is 10.2. The molecule has 0 unspecified atom stereocenters. The summed E-state index contributed by atoms with van der Waals surface area (Å²) in [5, 5.41) is 1.74. The lowest BCUT2D eigenvalue weighted by Crippen LogP contribution is -2.36. The summed E-state index contributed by atoms with van der Waals surface area (Å²) >= 11 is 5.89. The van der Waals surface area contributed by atoms with Gasteiger partial charge in [-0.3, -0.25) is 0 Å². The van der Waals surface area contributed by atoms with Gasteiger partial charge in [-0.1, -0.05) is 11.6 Å². The predicted molar refractivity (Wildman–Crippen MR) is 53.5 cm³/mol. The van der Waals surface area contributed by atoms with Gasteiger partial charge in [-0.15, -0.1) is 4.68 Å². The Morgan fingerprint density at radius 3 is 2.85 bits per heavy atom. The number of nitrogens with zero attached hydrogens (tertiary/aromatic N) is 2. The Bertz CT molecular complexity index is 473. The van der Waals surface area contributed by atoms with Gasteiger partial charge in [0.15, 0.2) is 7.05 Å². The number of anilines is 1. The normalized spacial score (nSPS) is 11.0. The number of hydrogen-bond donors (Lipinski definition) is 1. The molecule has 0 bridgehead atoms. The molecule has 0 spiro atoms. The summed E-state index contributed by atoms with van der Waals surface area (Å²) in [4.78, 5) is 0. The van der Waals surface area contributed by atoms with Crippen LogP contribution in [0.3, 0.4) is 0 Å². The van der Waals surface area contributed by atoms with E-state index in [1.54, 1.807) is 6.07 Å². The van der Waals surface area contributed by atoms with Crippen LogP contribution in [0.2, 0.25) is 5.02 Å². The van der Waals surface area contributed by atoms with E-state index in [-0.39, 0.29) is 0 Å². The Morgan fingerprint density at radius 1 is 1.46 bits per heavy atom. The quantitative estimate of drug-likeness (QED) is 0.500. The fourth-order valence-corrected chi connectivity index (χ4v) is 1.79. The highest BCUT2D eigenvalue weighted by Gasteiger charge is 2.11. The Labute approximate surface area is 81.3 Å². The molecule has 0 aliphatic rings. The number of aryl methyl sites for hydroxylation is 2. The van der Waals surface area contributed by atoms with E-state index >= 15 is 0 Å². The topological polar surface area (TPSA) is 34.8 Å². The van der Waals surface area contributed by atoms with E-state index in [1.807, 2.05) is 35.7 Å². The average molecular weight is 197 g/mol. The van der Waals surface area contributed by atoms with Crippen molar-refractivity contribution < 1.29 is 4.68 Å². The van der Waals surface area contributed by atoms with Crippen molar-refractivity contribution in [1.82, 2.24) is 4.68 Å². The highest BCUT2D eigenvalue weighted by molar-refractivity contribution is 6.31. The van der Waals surface area contributed by atoms with Gasteiger partial charge < -0.3 is 5.73 Å². The summed E-state index contributed by atoms with van der Waals surface area (Å²) in [6.07, 6.45) is 2.00. The lowest BCUT2D eigenvalue weighted by Gasteiger charge is -1.97. The standard InChI is InChI=1S/C9H11ClN3/c1-12-5-6-3-7(10)4-8(11)9(6)13(12)2/h3-5H,11H2,1-2H3/q+1. The van der Waals surface area contributed by atoms with Crippen molar-refractivity contribution in [1.29, 1.82) is 0 Å². The second kappa shape index (κ2) is 2.64. The fourth-order valence-electron chi connectivity index (χ4n) is 1.56. The zero-order chi connectivity index (χ0) is 9.59. The molecule has 68 valence electrons. The summed E-state index contributed by atoms with van der Waals surface area (Å²) in [7, 11) is 3.93. The summed E-state index contributed by atoms with van der Waals surface area (Å²) in [6.45, 7) is 0. The summed E-state index contributed by atoms with van der Waals surface area (Å²) in [5.74, 6) is 0. The zero-order valence-electron chi connectivity index (χ0n) is 7.58. The third-order valence-corrected chi connectivity index (χ3v) is 2.47. The smallest absolute Gasteiger partial charge is 0.203 e. The average Bonchev–Trinajstić information content (AvgIpc) is 2.27. The van der Waals surface area contributed by atoms with Gasteiger partial charge in [0.1, 0.15) is 5.52 Å². The van der Waals surface area contributed by atoms with E-state index in [1.165, 1.54) is 0 Å². The van der Waals surface area contributed by atoms with Gasteiger partial charge in [-0.05, 0) is 12.1 Å². The molecule has 0 amide bonds. The molecular weight excluding hydrogens is 186 g/mol. The third kappa shape index (κ3) is 1.16. The molecular formula is C9H11ClN3+. The number of rotatable bonds is 0. The van der Waals surface area contributed by atoms with Crippen molar-refractivity contribution in [3.8, 4) is 0 Å². The summed E-state index contributed by atoms with van der Waals surface area (Å²) in [6, 6.07) is 3.68. The van der Waals surface area contributed by atoms with Crippen molar-refractivity contribution in [2.24, 2.45) is 14.1 Å². The Morgan fingerprint density at radius 2 is 2.15 bits per heavy atom. The molecule has 0 aliphatic heterocycles. The van der Waals surface area contributed by atoms with Gasteiger partial charge in [-0.2, -0.15) is 4.68 Å². The number of benzene rings is 1. The minimum absolute atomic E-state index is 0.677. The van der Waals surface area contributed by atoms with Crippen LogP contribution in [0.1, 0.15) is 0 Å². The van der Waals surface area contributed by atoms with Crippen LogP contribution in [-0.4, -0.2) is 4.68 Å². The molecule has 0 fully saturated rings. The number of hydrogen-bond acceptors (Lipinski definition) is 1. The molecule has 13 heavy (non-hydrogen) atoms. The van der Waals surface area contributed by atoms with Crippen molar-refractivity contribution in [2.75, 3.05) is 5.73 Å². The molecule has 1 aromatic carbocycles. The van der Waals surface area contributed by atoms with Crippen LogP contribution in [0.5, 0.6) is 0 Å². The molecule has 0 saturated heterocycles. The van der Waals surface area contributed by atoms with Crippen molar-refractivity contribution in [3.05, 3.63) is 23.4 Å². The van der Waals surface area contributed by atoms with E-state index in [0.717, 1.165) is 10.9 Å². The van der Waals surface area contributed by atoms with Crippen LogP contribution in [0, 0.1) is 0 Å². The van der Waals surface area contributed by atoms with Crippen LogP contribution in [-0.2, 0) is 14.1 Å². The Hall–Kier alpha value is -1.22. The number of fused-ring (bicyclic) bond motifs is 1. The van der Waals surface area contributed by atoms with Crippen molar-refractivity contribution >= 4 is 28.2 Å². The van der Waals surface area contributed by atoms with Crippen LogP contribution in [0.25, 0.3) is 10.9 Å². The van der Waals surface area contributed by atoms with Crippen LogP contribution in [0.15, 0.2) is 18.3 Å². The first-order valence-corrected chi connectivity index (χ1v) is 4.38. The van der Waals surface area contributed by atoms with Gasteiger partial charge in [-0.25, -0.2) is 0 Å². The molecule has 2 N–H and O–H groups in total. The SMILES string of the molecule is Cn1c2c(N)cc(Cl)cc2c[n+]1C. The van der Waals surface area contributed by atoms with E-state index in [4.69, 9.17) is 17.3 Å². The minimum Gasteiger partial charge on any atom is -0.397 e. The molecule has 0 aliphatic carbocycles. The summed E-state index contributed by atoms with van der Waals surface area (Å²) in [5.41, 5.74) is 7.59. The molecule has 2 aromatic rings. The summed E-state index contributed by atoms with van der Waals surface area (Å²) < 4.78 is 3.96. The van der Waals surface area contributed by atoms with E-state index in [2.05, 4.69) is 0 Å². The highest BCUT2D eigenvalue weighted by atomic mass is 35.5. The number of nitrogens with two attached hydrogens (primary N) is 1. The van der Waals surface area contributed by atoms with E-state index < -0.39 is 0 Å². The zero-order valence-corrected chi connectivity index (χ0v) is 8.34. The molecule has 2 rings (SSSR count). The minimum atomic E-state index is 0.677. The molecule has 0 atom stereocenters. The number of nitrogen functional groups attached to an aromatic ring is 1. The first-order valence-electron chi connectivity index (χ1n) is 4.00. The van der Waals surface area contributed by atoms with Gasteiger partial charge in [0.05, 0.1) is 18.1 Å². The molecule has 0 saturated carbocycles.